The van der Waals surface area contributed by atoms with E-state index in [-0.39, 0.29) is 0 Å². The van der Waals surface area contributed by atoms with Crippen LogP contribution in [0.25, 0.3) is 0 Å². The van der Waals surface area contributed by atoms with Crippen molar-refractivity contribution in [2.24, 2.45) is 0 Å². The van der Waals surface area contributed by atoms with Crippen LogP contribution in [0.5, 0.6) is 0 Å². The molecule has 0 amide bonds. The molecular weight excluding hydrogens is 114 g/mol. The van der Waals surface area contributed by atoms with Crippen molar-refractivity contribution in [3.05, 3.63) is 18.5 Å². The molecule has 3 heteroatoms. The minimum Gasteiger partial charge on any atom is -0.310 e. The van der Waals surface area contributed by atoms with Crippen molar-refractivity contribution >= 4 is 0 Å². The van der Waals surface area contributed by atoms with Crippen LogP contribution in [0.3, 0.4) is 0 Å². The number of hydrogen-bond donors (Lipinski definition) is 1. The molecule has 3 nitrogen and oxygen atoms in total. The first-order valence-electron chi connectivity index (χ1n) is 3.17. The molecule has 0 saturated carbocycles. The van der Waals surface area contributed by atoms with E-state index in [1.165, 1.54) is 0 Å². The molecule has 50 valence electrons. The molecule has 1 aromatic rings. The first kappa shape index (κ1) is 6.13. The van der Waals surface area contributed by atoms with Gasteiger partial charge in [0.05, 0.1) is 6.20 Å². The summed E-state index contributed by atoms with van der Waals surface area (Å²) in [6.45, 7) is 3.10. The molecule has 1 rings (SSSR count). The maximum absolute atomic E-state index is 3.96. The van der Waals surface area contributed by atoms with Gasteiger partial charge in [-0.2, -0.15) is 9.89 Å². The Hall–Kier alpha value is -0.990. The van der Waals surface area contributed by atoms with Gasteiger partial charge in [-0.3, -0.25) is 0 Å². The smallest absolute Gasteiger partial charge is 0.0510 e. The van der Waals surface area contributed by atoms with Gasteiger partial charge in [0.15, 0.2) is 0 Å². The SMILES string of the molecule is CCCNn1cccn1. The number of nitrogens with one attached hydrogen (secondary N) is 1. The zero-order valence-electron chi connectivity index (χ0n) is 5.54. The second-order valence-corrected chi connectivity index (χ2v) is 1.86. The maximum Gasteiger partial charge on any atom is 0.0510 e. The summed E-state index contributed by atoms with van der Waals surface area (Å²) in [5.41, 5.74) is 3.08. The zero-order valence-corrected chi connectivity index (χ0v) is 5.54. The van der Waals surface area contributed by atoms with Crippen molar-refractivity contribution in [2.75, 3.05) is 12.0 Å². The molecule has 0 aliphatic heterocycles. The van der Waals surface area contributed by atoms with E-state index in [1.807, 2.05) is 12.3 Å². The fourth-order valence-electron chi connectivity index (χ4n) is 0.589. The van der Waals surface area contributed by atoms with Crippen LogP contribution in [0.2, 0.25) is 0 Å². The Balaban J connectivity index is 2.30. The quantitative estimate of drug-likeness (QED) is 0.648. The number of nitrogens with zero attached hydrogens (tertiary/aromatic N) is 2. The molecule has 0 aromatic carbocycles. The van der Waals surface area contributed by atoms with Crippen LogP contribution in [0.4, 0.5) is 0 Å². The summed E-state index contributed by atoms with van der Waals surface area (Å²) in [5.74, 6) is 0. The second-order valence-electron chi connectivity index (χ2n) is 1.86. The molecule has 0 bridgehead atoms. The van der Waals surface area contributed by atoms with Gasteiger partial charge in [-0.25, -0.2) is 0 Å². The second kappa shape index (κ2) is 3.12. The van der Waals surface area contributed by atoms with Gasteiger partial charge in [-0.15, -0.1) is 0 Å². The zero-order chi connectivity index (χ0) is 6.53. The third kappa shape index (κ3) is 1.76. The summed E-state index contributed by atoms with van der Waals surface area (Å²) < 4.78 is 0. The summed E-state index contributed by atoms with van der Waals surface area (Å²) in [6.07, 6.45) is 4.76. The Kier molecular flexibility index (Phi) is 2.13. The van der Waals surface area contributed by atoms with Crippen molar-refractivity contribution in [3.8, 4) is 0 Å². The fourth-order valence-corrected chi connectivity index (χ4v) is 0.589. The van der Waals surface area contributed by atoms with E-state index < -0.39 is 0 Å². The molecule has 1 N–H and O–H groups in total. The molecule has 0 atom stereocenters. The predicted octanol–water partition coefficient (Wildman–Crippen LogP) is 0.837. The minimum absolute atomic E-state index is 0.974. The highest BCUT2D eigenvalue weighted by atomic mass is 15.5. The average molecular weight is 125 g/mol. The topological polar surface area (TPSA) is 29.9 Å². The Labute approximate surface area is 54.7 Å². The van der Waals surface area contributed by atoms with E-state index in [0.717, 1.165) is 13.0 Å². The van der Waals surface area contributed by atoms with Crippen LogP contribution in [0, 0.1) is 0 Å². The van der Waals surface area contributed by atoms with Gasteiger partial charge in [-0.1, -0.05) is 6.92 Å². The van der Waals surface area contributed by atoms with Gasteiger partial charge in [0.2, 0.25) is 0 Å². The lowest BCUT2D eigenvalue weighted by atomic mass is 10.5. The molecule has 0 saturated heterocycles. The van der Waals surface area contributed by atoms with Crippen LogP contribution in [-0.2, 0) is 0 Å². The van der Waals surface area contributed by atoms with Crippen molar-refractivity contribution in [1.82, 2.24) is 9.89 Å². The van der Waals surface area contributed by atoms with Gasteiger partial charge >= 0.3 is 0 Å². The van der Waals surface area contributed by atoms with E-state index in [2.05, 4.69) is 17.4 Å². The third-order valence-electron chi connectivity index (χ3n) is 1.03. The molecule has 9 heavy (non-hydrogen) atoms. The normalized spacial score (nSPS) is 9.44. The summed E-state index contributed by atoms with van der Waals surface area (Å²) in [6, 6.07) is 1.89. The highest BCUT2D eigenvalue weighted by Crippen LogP contribution is 1.79. The standard InChI is InChI=1S/C6H11N3/c1-2-4-7-9-6-3-5-8-9/h3,5-7H,2,4H2,1H3. The summed E-state index contributed by atoms with van der Waals surface area (Å²) >= 11 is 0. The van der Waals surface area contributed by atoms with Crippen LogP contribution < -0.4 is 5.43 Å². The van der Waals surface area contributed by atoms with E-state index >= 15 is 0 Å². The van der Waals surface area contributed by atoms with Gasteiger partial charge in [0.25, 0.3) is 0 Å². The van der Waals surface area contributed by atoms with E-state index in [1.54, 1.807) is 11.0 Å². The molecular formula is C6H11N3. The monoisotopic (exact) mass is 125 g/mol. The summed E-state index contributed by atoms with van der Waals surface area (Å²) in [5, 5.41) is 3.96. The van der Waals surface area contributed by atoms with Crippen LogP contribution in [0.1, 0.15) is 13.3 Å². The largest absolute Gasteiger partial charge is 0.310 e. The highest BCUT2D eigenvalue weighted by molar-refractivity contribution is 4.80. The number of hydrogen-bond acceptors (Lipinski definition) is 2. The molecule has 0 spiro atoms. The lowest BCUT2D eigenvalue weighted by Gasteiger charge is -2.01. The Bertz CT molecular complexity index is 145. The first-order chi connectivity index (χ1) is 4.43. The molecule has 0 unspecified atom stereocenters. The van der Waals surface area contributed by atoms with E-state index in [9.17, 15) is 0 Å². The fraction of sp³-hybridized carbons (Fsp3) is 0.500. The predicted molar refractivity (Wildman–Crippen MR) is 36.7 cm³/mol. The van der Waals surface area contributed by atoms with Gasteiger partial charge < -0.3 is 5.43 Å². The number of rotatable bonds is 3. The van der Waals surface area contributed by atoms with E-state index in [0.29, 0.717) is 0 Å². The Morgan fingerprint density at radius 2 is 2.56 bits per heavy atom. The molecule has 0 aliphatic carbocycles. The first-order valence-corrected chi connectivity index (χ1v) is 3.17. The van der Waals surface area contributed by atoms with Crippen molar-refractivity contribution in [2.45, 2.75) is 13.3 Å². The Morgan fingerprint density at radius 1 is 1.67 bits per heavy atom. The van der Waals surface area contributed by atoms with Gasteiger partial charge in [-0.05, 0) is 12.5 Å². The van der Waals surface area contributed by atoms with Crippen molar-refractivity contribution in [1.29, 1.82) is 0 Å². The number of aromatic nitrogens is 2. The van der Waals surface area contributed by atoms with Gasteiger partial charge in [0, 0.05) is 12.7 Å². The molecule has 1 heterocycles. The molecule has 1 aromatic heterocycles. The maximum atomic E-state index is 3.96. The third-order valence-corrected chi connectivity index (χ3v) is 1.03. The van der Waals surface area contributed by atoms with Crippen molar-refractivity contribution < 1.29 is 0 Å². The van der Waals surface area contributed by atoms with Crippen LogP contribution >= 0.6 is 0 Å². The lowest BCUT2D eigenvalue weighted by Crippen LogP contribution is -2.15. The molecule has 0 radical (unpaired) electrons. The average Bonchev–Trinajstić information content (AvgIpc) is 2.34. The molecule has 0 fully saturated rings. The molecule has 0 aliphatic rings. The Morgan fingerprint density at radius 3 is 3.11 bits per heavy atom. The summed E-state index contributed by atoms with van der Waals surface area (Å²) in [4.78, 5) is 1.71. The van der Waals surface area contributed by atoms with Gasteiger partial charge in [0.1, 0.15) is 0 Å². The minimum atomic E-state index is 0.974. The lowest BCUT2D eigenvalue weighted by molar-refractivity contribution is 0.719. The van der Waals surface area contributed by atoms with Crippen LogP contribution in [-0.4, -0.2) is 16.4 Å². The summed E-state index contributed by atoms with van der Waals surface area (Å²) in [7, 11) is 0. The highest BCUT2D eigenvalue weighted by Gasteiger charge is 1.82. The van der Waals surface area contributed by atoms with Crippen LogP contribution in [0.15, 0.2) is 18.5 Å². The van der Waals surface area contributed by atoms with E-state index in [4.69, 9.17) is 0 Å². The van der Waals surface area contributed by atoms with Crippen molar-refractivity contribution in [3.63, 3.8) is 0 Å².